The number of Topliss-reactive ketones (excluding diaryl/α,β-unsaturated/α-hetero) is 1. The van der Waals surface area contributed by atoms with Crippen LogP contribution >= 0.6 is 11.6 Å². The van der Waals surface area contributed by atoms with Crippen LogP contribution in [0.25, 0.3) is 0 Å². The Hall–Kier alpha value is -2.66. The van der Waals surface area contributed by atoms with Gasteiger partial charge in [0.1, 0.15) is 0 Å². The van der Waals surface area contributed by atoms with Gasteiger partial charge in [0, 0.05) is 11.3 Å². The van der Waals surface area contributed by atoms with Crippen molar-refractivity contribution in [1.82, 2.24) is 5.32 Å². The first kappa shape index (κ1) is 16.7. The number of halogens is 1. The molecule has 0 fully saturated rings. The molecule has 2 aromatic carbocycles. The molecule has 0 unspecified atom stereocenters. The minimum absolute atomic E-state index is 0.0897. The van der Waals surface area contributed by atoms with E-state index in [2.05, 4.69) is 10.6 Å². The zero-order valence-electron chi connectivity index (χ0n) is 12.4. The first-order chi connectivity index (χ1) is 11.0. The highest BCUT2D eigenvalue weighted by molar-refractivity contribution is 6.33. The van der Waals surface area contributed by atoms with Crippen LogP contribution in [0.15, 0.2) is 48.5 Å². The van der Waals surface area contributed by atoms with Crippen LogP contribution in [0.4, 0.5) is 5.69 Å². The summed E-state index contributed by atoms with van der Waals surface area (Å²) in [5.74, 6) is -0.914. The number of ketones is 1. The molecule has 2 rings (SSSR count). The third kappa shape index (κ3) is 4.66. The summed E-state index contributed by atoms with van der Waals surface area (Å²) in [5.41, 5.74) is 1.30. The Kier molecular flexibility index (Phi) is 5.49. The summed E-state index contributed by atoms with van der Waals surface area (Å²) < 4.78 is 0. The molecular formula is C17H15ClN2O3. The summed E-state index contributed by atoms with van der Waals surface area (Å²) in [4.78, 5) is 35.1. The molecule has 118 valence electrons. The van der Waals surface area contributed by atoms with Crippen molar-refractivity contribution in [3.63, 3.8) is 0 Å². The zero-order chi connectivity index (χ0) is 16.8. The van der Waals surface area contributed by atoms with Crippen molar-refractivity contribution in [2.24, 2.45) is 0 Å². The van der Waals surface area contributed by atoms with E-state index in [1.165, 1.54) is 6.92 Å². The van der Waals surface area contributed by atoms with Crippen molar-refractivity contribution in [2.75, 3.05) is 11.9 Å². The second-order valence-electron chi connectivity index (χ2n) is 4.85. The molecule has 0 aliphatic rings. The molecule has 2 aromatic rings. The maximum absolute atomic E-state index is 11.9. The third-order valence-electron chi connectivity index (χ3n) is 3.08. The lowest BCUT2D eigenvalue weighted by Gasteiger charge is -2.08. The molecule has 0 saturated carbocycles. The van der Waals surface area contributed by atoms with E-state index in [0.717, 1.165) is 0 Å². The average molecular weight is 331 g/mol. The number of benzene rings is 2. The SMILES string of the molecule is CC(=O)c1cccc(NC(=O)CNC(=O)c2ccccc2Cl)c1. The first-order valence-corrected chi connectivity index (χ1v) is 7.29. The first-order valence-electron chi connectivity index (χ1n) is 6.91. The maximum atomic E-state index is 11.9. The van der Waals surface area contributed by atoms with Crippen molar-refractivity contribution < 1.29 is 14.4 Å². The van der Waals surface area contributed by atoms with Gasteiger partial charge in [0.05, 0.1) is 17.1 Å². The van der Waals surface area contributed by atoms with Gasteiger partial charge in [0.2, 0.25) is 5.91 Å². The van der Waals surface area contributed by atoms with Gasteiger partial charge in [-0.05, 0) is 31.2 Å². The van der Waals surface area contributed by atoms with Gasteiger partial charge in [-0.2, -0.15) is 0 Å². The minimum Gasteiger partial charge on any atom is -0.343 e. The van der Waals surface area contributed by atoms with E-state index < -0.39 is 11.8 Å². The molecule has 6 heteroatoms. The summed E-state index contributed by atoms with van der Waals surface area (Å²) in [6.45, 7) is 1.25. The predicted molar refractivity (Wildman–Crippen MR) is 88.9 cm³/mol. The topological polar surface area (TPSA) is 75.3 Å². The number of amides is 2. The van der Waals surface area contributed by atoms with Gasteiger partial charge < -0.3 is 10.6 Å². The molecule has 0 radical (unpaired) electrons. The van der Waals surface area contributed by atoms with Gasteiger partial charge in [-0.25, -0.2) is 0 Å². The lowest BCUT2D eigenvalue weighted by atomic mass is 10.1. The van der Waals surface area contributed by atoms with Crippen LogP contribution in [0.5, 0.6) is 0 Å². The average Bonchev–Trinajstić information content (AvgIpc) is 2.53. The molecule has 0 heterocycles. The van der Waals surface area contributed by atoms with E-state index in [4.69, 9.17) is 11.6 Å². The van der Waals surface area contributed by atoms with E-state index in [9.17, 15) is 14.4 Å². The van der Waals surface area contributed by atoms with Gasteiger partial charge in [-0.15, -0.1) is 0 Å². The van der Waals surface area contributed by atoms with Crippen molar-refractivity contribution in [1.29, 1.82) is 0 Å². The van der Waals surface area contributed by atoms with Gasteiger partial charge in [0.25, 0.3) is 5.91 Å². The molecule has 0 bridgehead atoms. The molecular weight excluding hydrogens is 316 g/mol. The van der Waals surface area contributed by atoms with Crippen LogP contribution in [0.1, 0.15) is 27.6 Å². The number of anilines is 1. The van der Waals surface area contributed by atoms with E-state index in [1.54, 1.807) is 48.5 Å². The smallest absolute Gasteiger partial charge is 0.253 e. The van der Waals surface area contributed by atoms with Crippen LogP contribution in [0, 0.1) is 0 Å². The largest absolute Gasteiger partial charge is 0.343 e. The van der Waals surface area contributed by atoms with Crippen LogP contribution in [0.3, 0.4) is 0 Å². The Morgan fingerprint density at radius 3 is 2.48 bits per heavy atom. The lowest BCUT2D eigenvalue weighted by Crippen LogP contribution is -2.33. The molecule has 5 nitrogen and oxygen atoms in total. The molecule has 2 amide bonds. The standard InChI is InChI=1S/C17H15ClN2O3/c1-11(21)12-5-4-6-13(9-12)20-16(22)10-19-17(23)14-7-2-3-8-15(14)18/h2-9H,10H2,1H3,(H,19,23)(H,20,22). The van der Waals surface area contributed by atoms with Crippen molar-refractivity contribution in [3.8, 4) is 0 Å². The van der Waals surface area contributed by atoms with E-state index in [-0.39, 0.29) is 12.3 Å². The number of hydrogen-bond acceptors (Lipinski definition) is 3. The second-order valence-corrected chi connectivity index (χ2v) is 5.25. The number of hydrogen-bond donors (Lipinski definition) is 2. The fourth-order valence-electron chi connectivity index (χ4n) is 1.92. The highest BCUT2D eigenvalue weighted by Crippen LogP contribution is 2.14. The molecule has 0 atom stereocenters. The highest BCUT2D eigenvalue weighted by atomic mass is 35.5. The van der Waals surface area contributed by atoms with Gasteiger partial charge in [-0.3, -0.25) is 14.4 Å². The third-order valence-corrected chi connectivity index (χ3v) is 3.41. The quantitative estimate of drug-likeness (QED) is 0.828. The summed E-state index contributed by atoms with van der Waals surface area (Å²) in [7, 11) is 0. The maximum Gasteiger partial charge on any atom is 0.253 e. The Balaban J connectivity index is 1.93. The fraction of sp³-hybridized carbons (Fsp3) is 0.118. The monoisotopic (exact) mass is 330 g/mol. The van der Waals surface area contributed by atoms with Crippen LogP contribution in [0.2, 0.25) is 5.02 Å². The van der Waals surface area contributed by atoms with E-state index >= 15 is 0 Å². The highest BCUT2D eigenvalue weighted by Gasteiger charge is 2.11. The van der Waals surface area contributed by atoms with Gasteiger partial charge in [-0.1, -0.05) is 35.9 Å². The molecule has 0 saturated heterocycles. The number of rotatable bonds is 5. The Bertz CT molecular complexity index is 759. The molecule has 0 aromatic heterocycles. The van der Waals surface area contributed by atoms with Crippen LogP contribution in [-0.2, 0) is 4.79 Å². The van der Waals surface area contributed by atoms with Crippen molar-refractivity contribution in [2.45, 2.75) is 6.92 Å². The Morgan fingerprint density at radius 1 is 1.04 bits per heavy atom. The Morgan fingerprint density at radius 2 is 1.78 bits per heavy atom. The van der Waals surface area contributed by atoms with Crippen LogP contribution < -0.4 is 10.6 Å². The number of carbonyl (C=O) groups excluding carboxylic acids is 3. The minimum atomic E-state index is -0.428. The second kappa shape index (κ2) is 7.56. The van der Waals surface area contributed by atoms with Crippen LogP contribution in [-0.4, -0.2) is 24.1 Å². The normalized spacial score (nSPS) is 10.0. The van der Waals surface area contributed by atoms with Crippen molar-refractivity contribution >= 4 is 34.9 Å². The number of carbonyl (C=O) groups is 3. The molecule has 23 heavy (non-hydrogen) atoms. The number of nitrogens with one attached hydrogen (secondary N) is 2. The lowest BCUT2D eigenvalue weighted by molar-refractivity contribution is -0.115. The predicted octanol–water partition coefficient (Wildman–Crippen LogP) is 2.91. The summed E-state index contributed by atoms with van der Waals surface area (Å²) in [6.07, 6.45) is 0. The van der Waals surface area contributed by atoms with Crippen molar-refractivity contribution in [3.05, 3.63) is 64.7 Å². The zero-order valence-corrected chi connectivity index (χ0v) is 13.2. The molecule has 2 N–H and O–H groups in total. The van der Waals surface area contributed by atoms with Gasteiger partial charge >= 0.3 is 0 Å². The molecule has 0 aliphatic carbocycles. The Labute approximate surface area is 138 Å². The summed E-state index contributed by atoms with van der Waals surface area (Å²) in [6, 6.07) is 13.2. The van der Waals surface area contributed by atoms with Gasteiger partial charge in [0.15, 0.2) is 5.78 Å². The van der Waals surface area contributed by atoms with E-state index in [1.807, 2.05) is 0 Å². The molecule has 0 aliphatic heterocycles. The molecule has 0 spiro atoms. The van der Waals surface area contributed by atoms with E-state index in [0.29, 0.717) is 21.8 Å². The summed E-state index contributed by atoms with van der Waals surface area (Å²) in [5, 5.41) is 5.43. The summed E-state index contributed by atoms with van der Waals surface area (Å²) >= 11 is 5.92. The fourth-order valence-corrected chi connectivity index (χ4v) is 2.14.